The van der Waals surface area contributed by atoms with Gasteiger partial charge in [0.25, 0.3) is 5.91 Å². The molecular weight excluding hydrogens is 441 g/mol. The first-order valence-corrected chi connectivity index (χ1v) is 12.2. The molecule has 4 rings (SSSR count). The number of alkyl halides is 3. The Morgan fingerprint density at radius 3 is 2.76 bits per heavy atom. The van der Waals surface area contributed by atoms with E-state index in [-0.39, 0.29) is 23.7 Å². The van der Waals surface area contributed by atoms with E-state index in [4.69, 9.17) is 0 Å². The van der Waals surface area contributed by atoms with Crippen LogP contribution in [0.2, 0.25) is 0 Å². The van der Waals surface area contributed by atoms with Crippen LogP contribution in [0.25, 0.3) is 0 Å². The molecule has 2 aliphatic rings. The molecule has 2 aromatic rings. The van der Waals surface area contributed by atoms with Gasteiger partial charge in [-0.1, -0.05) is 13.0 Å². The summed E-state index contributed by atoms with van der Waals surface area (Å²) in [6.45, 7) is 3.98. The third kappa shape index (κ3) is 4.99. The zero-order chi connectivity index (χ0) is 24.6. The minimum absolute atomic E-state index is 0.128. The molecule has 1 heterocycles. The van der Waals surface area contributed by atoms with Gasteiger partial charge in [-0.05, 0) is 105 Å². The first kappa shape index (κ1) is 24.7. The Hall–Kier alpha value is -2.41. The number of aromatic nitrogens is 1. The molecule has 184 valence electrons. The molecular formula is C27H33F3N2O2. The van der Waals surface area contributed by atoms with Crippen LogP contribution in [0.3, 0.4) is 0 Å². The predicted molar refractivity (Wildman–Crippen MR) is 126 cm³/mol. The third-order valence-corrected chi connectivity index (χ3v) is 8.11. The number of carbonyl (C=O) groups excluding carboxylic acids is 1. The Bertz CT molecular complexity index is 1050. The van der Waals surface area contributed by atoms with Crippen molar-refractivity contribution in [3.8, 4) is 0 Å². The molecule has 2 N–H and O–H groups in total. The van der Waals surface area contributed by atoms with Crippen molar-refractivity contribution in [3.05, 3.63) is 58.9 Å². The fourth-order valence-corrected chi connectivity index (χ4v) is 6.18. The van der Waals surface area contributed by atoms with E-state index in [2.05, 4.69) is 17.2 Å². The summed E-state index contributed by atoms with van der Waals surface area (Å²) >= 11 is 0. The van der Waals surface area contributed by atoms with Gasteiger partial charge < -0.3 is 10.4 Å². The number of hydrogen-bond acceptors (Lipinski definition) is 3. The van der Waals surface area contributed by atoms with Gasteiger partial charge in [0.15, 0.2) is 0 Å². The Morgan fingerprint density at radius 2 is 2.06 bits per heavy atom. The number of carbonyl (C=O) groups is 1. The highest BCUT2D eigenvalue weighted by Crippen LogP contribution is 2.54. The largest absolute Gasteiger partial charge is 0.390 e. The maximum Gasteiger partial charge on any atom is 0.389 e. The second-order valence-corrected chi connectivity index (χ2v) is 10.1. The van der Waals surface area contributed by atoms with Crippen LogP contribution < -0.4 is 5.32 Å². The van der Waals surface area contributed by atoms with Crippen molar-refractivity contribution >= 4 is 11.6 Å². The summed E-state index contributed by atoms with van der Waals surface area (Å²) in [7, 11) is 0. The third-order valence-electron chi connectivity index (χ3n) is 8.11. The number of hydrogen-bond donors (Lipinski definition) is 2. The van der Waals surface area contributed by atoms with Gasteiger partial charge in [0, 0.05) is 18.2 Å². The van der Waals surface area contributed by atoms with E-state index in [1.807, 2.05) is 31.2 Å². The molecule has 2 aliphatic carbocycles. The number of amides is 1. The fourth-order valence-electron chi connectivity index (χ4n) is 6.18. The van der Waals surface area contributed by atoms with Crippen LogP contribution in [0.15, 0.2) is 36.5 Å². The van der Waals surface area contributed by atoms with E-state index < -0.39 is 18.2 Å². The van der Waals surface area contributed by atoms with Crippen molar-refractivity contribution in [2.75, 3.05) is 5.32 Å². The molecule has 0 bridgehead atoms. The first-order chi connectivity index (χ1) is 16.1. The van der Waals surface area contributed by atoms with Gasteiger partial charge in [-0.3, -0.25) is 9.78 Å². The molecule has 3 atom stereocenters. The van der Waals surface area contributed by atoms with Crippen LogP contribution in [-0.2, 0) is 11.8 Å². The Morgan fingerprint density at radius 1 is 1.26 bits per heavy atom. The maximum atomic E-state index is 12.9. The first-order valence-electron chi connectivity index (χ1n) is 12.2. The molecule has 0 aliphatic heterocycles. The molecule has 0 saturated heterocycles. The van der Waals surface area contributed by atoms with E-state index in [1.165, 1.54) is 5.56 Å². The Balaban J connectivity index is 1.58. The molecule has 1 aromatic heterocycles. The molecule has 1 saturated carbocycles. The van der Waals surface area contributed by atoms with Crippen LogP contribution in [0.4, 0.5) is 18.9 Å². The summed E-state index contributed by atoms with van der Waals surface area (Å²) in [4.78, 5) is 17.2. The highest BCUT2D eigenvalue weighted by Gasteiger charge is 2.50. The number of rotatable bonds is 5. The molecule has 34 heavy (non-hydrogen) atoms. The number of fused-ring (bicyclic) bond motifs is 3. The zero-order valence-electron chi connectivity index (χ0n) is 19.8. The standard InChI is InChI=1S/C27H33F3N2O2/c1-3-26-13-11-25(34,12-14-27(28,29)30)17-21(26)7-4-6-19-16-20(9-10-22(19)26)24(33)32-23-8-5-15-31-18(23)2/h5,8-10,15-16,21,34H,3-4,6-7,11-14,17H2,1-2H3,(H,32,33). The second-order valence-electron chi connectivity index (χ2n) is 10.1. The number of pyridine rings is 1. The lowest BCUT2D eigenvalue weighted by atomic mass is 9.56. The summed E-state index contributed by atoms with van der Waals surface area (Å²) in [5, 5.41) is 14.0. The number of nitrogens with one attached hydrogen (secondary N) is 1. The van der Waals surface area contributed by atoms with E-state index in [0.717, 1.165) is 36.9 Å². The van der Waals surface area contributed by atoms with Crippen LogP contribution in [0.1, 0.15) is 85.5 Å². The molecule has 1 aromatic carbocycles. The Labute approximate surface area is 199 Å². The number of halogens is 3. The zero-order valence-corrected chi connectivity index (χ0v) is 19.8. The van der Waals surface area contributed by atoms with Gasteiger partial charge in [0.2, 0.25) is 0 Å². The van der Waals surface area contributed by atoms with Crippen LogP contribution in [0.5, 0.6) is 0 Å². The summed E-state index contributed by atoms with van der Waals surface area (Å²) in [6.07, 6.45) is 1.13. The number of nitrogens with zero attached hydrogens (tertiary/aromatic N) is 1. The summed E-state index contributed by atoms with van der Waals surface area (Å²) in [6, 6.07) is 9.47. The lowest BCUT2D eigenvalue weighted by Gasteiger charge is -2.50. The lowest BCUT2D eigenvalue weighted by molar-refractivity contribution is -0.153. The number of aryl methyl sites for hydroxylation is 2. The normalized spacial score (nSPS) is 26.8. The van der Waals surface area contributed by atoms with E-state index in [0.29, 0.717) is 30.5 Å². The van der Waals surface area contributed by atoms with Crippen molar-refractivity contribution < 1.29 is 23.1 Å². The Kier molecular flexibility index (Phi) is 6.78. The van der Waals surface area contributed by atoms with Crippen LogP contribution >= 0.6 is 0 Å². The van der Waals surface area contributed by atoms with Crippen LogP contribution in [-0.4, -0.2) is 27.8 Å². The molecule has 0 spiro atoms. The quantitative estimate of drug-likeness (QED) is 0.520. The van der Waals surface area contributed by atoms with Crippen molar-refractivity contribution in [2.45, 2.75) is 88.8 Å². The molecule has 4 nitrogen and oxygen atoms in total. The monoisotopic (exact) mass is 474 g/mol. The van der Waals surface area contributed by atoms with E-state index in [9.17, 15) is 23.1 Å². The number of benzene rings is 1. The number of aliphatic hydroxyl groups is 1. The smallest absolute Gasteiger partial charge is 0.389 e. The van der Waals surface area contributed by atoms with Gasteiger partial charge in [-0.2, -0.15) is 13.2 Å². The van der Waals surface area contributed by atoms with Gasteiger partial charge in [0.1, 0.15) is 0 Å². The van der Waals surface area contributed by atoms with Gasteiger partial charge in [-0.15, -0.1) is 0 Å². The second kappa shape index (κ2) is 9.33. The highest BCUT2D eigenvalue weighted by atomic mass is 19.4. The number of anilines is 1. The average molecular weight is 475 g/mol. The SMILES string of the molecule is CCC12CCC(O)(CCC(F)(F)F)CC1CCCc1cc(C(=O)Nc3cccnc3C)ccc12. The van der Waals surface area contributed by atoms with Crippen molar-refractivity contribution in [2.24, 2.45) is 5.92 Å². The minimum Gasteiger partial charge on any atom is -0.390 e. The van der Waals surface area contributed by atoms with E-state index in [1.54, 1.807) is 12.3 Å². The fraction of sp³-hybridized carbons (Fsp3) is 0.556. The van der Waals surface area contributed by atoms with Gasteiger partial charge >= 0.3 is 6.18 Å². The highest BCUT2D eigenvalue weighted by molar-refractivity contribution is 6.04. The molecule has 7 heteroatoms. The van der Waals surface area contributed by atoms with E-state index >= 15 is 0 Å². The lowest BCUT2D eigenvalue weighted by Crippen LogP contribution is -2.48. The summed E-state index contributed by atoms with van der Waals surface area (Å²) in [5.74, 6) is -0.0566. The van der Waals surface area contributed by atoms with Crippen molar-refractivity contribution in [1.29, 1.82) is 0 Å². The average Bonchev–Trinajstić information content (AvgIpc) is 2.95. The summed E-state index contributed by atoms with van der Waals surface area (Å²) in [5.41, 5.74) is 2.92. The maximum absolute atomic E-state index is 12.9. The summed E-state index contributed by atoms with van der Waals surface area (Å²) < 4.78 is 38.5. The minimum atomic E-state index is -4.25. The van der Waals surface area contributed by atoms with Crippen molar-refractivity contribution in [1.82, 2.24) is 4.98 Å². The molecule has 1 fully saturated rings. The topological polar surface area (TPSA) is 62.2 Å². The van der Waals surface area contributed by atoms with Crippen molar-refractivity contribution in [3.63, 3.8) is 0 Å². The van der Waals surface area contributed by atoms with Crippen LogP contribution in [0, 0.1) is 12.8 Å². The molecule has 1 amide bonds. The van der Waals surface area contributed by atoms with Gasteiger partial charge in [-0.25, -0.2) is 0 Å². The van der Waals surface area contributed by atoms with Gasteiger partial charge in [0.05, 0.1) is 17.0 Å². The molecule has 3 unspecified atom stereocenters. The molecule has 0 radical (unpaired) electrons. The predicted octanol–water partition coefficient (Wildman–Crippen LogP) is 6.50.